The van der Waals surface area contributed by atoms with Crippen LogP contribution in [0.5, 0.6) is 0 Å². The smallest absolute Gasteiger partial charge is 0.306 e. The van der Waals surface area contributed by atoms with E-state index < -0.39 is 0 Å². The first kappa shape index (κ1) is 47.7. The summed E-state index contributed by atoms with van der Waals surface area (Å²) in [6.45, 7) is 19.8. The van der Waals surface area contributed by atoms with Gasteiger partial charge in [0.25, 0.3) is 0 Å². The Hall–Kier alpha value is -1.63. The van der Waals surface area contributed by atoms with Crippen LogP contribution < -0.4 is 0 Å². The topological polar surface area (TPSA) is 82.1 Å². The van der Waals surface area contributed by atoms with Crippen LogP contribution in [-0.2, 0) is 28.6 Å². The van der Waals surface area contributed by atoms with Crippen molar-refractivity contribution >= 4 is 17.9 Å². The molecule has 2 unspecified atom stereocenters. The highest BCUT2D eigenvalue weighted by atomic mass is 16.5. The molecule has 0 aromatic heterocycles. The van der Waals surface area contributed by atoms with Gasteiger partial charge in [-0.05, 0) is 108 Å². The summed E-state index contributed by atoms with van der Waals surface area (Å²) < 4.78 is 18.9. The molecule has 4 fully saturated rings. The van der Waals surface area contributed by atoms with E-state index in [-0.39, 0.29) is 39.6 Å². The zero-order chi connectivity index (χ0) is 40.2. The third-order valence-electron chi connectivity index (χ3n) is 13.8. The van der Waals surface area contributed by atoms with Crippen LogP contribution in [0.1, 0.15) is 215 Å². The molecular weight excluding hydrogens is 687 g/mol. The number of carbonyl (C=O) groups is 3. The summed E-state index contributed by atoms with van der Waals surface area (Å²) in [5.41, 5.74) is -0.552. The normalized spacial score (nSPS) is 25.6. The molecule has 0 saturated heterocycles. The van der Waals surface area contributed by atoms with E-state index in [1.165, 1.54) is 77.0 Å². The van der Waals surface area contributed by atoms with Crippen LogP contribution in [0.15, 0.2) is 0 Å². The summed E-state index contributed by atoms with van der Waals surface area (Å²) in [4.78, 5) is 42.7. The van der Waals surface area contributed by atoms with E-state index in [0.29, 0.717) is 50.9 Å². The van der Waals surface area contributed by atoms with Crippen LogP contribution in [0.3, 0.4) is 0 Å². The Morgan fingerprint density at radius 1 is 0.491 bits per heavy atom. The third-order valence-corrected chi connectivity index (χ3v) is 13.8. The van der Waals surface area contributed by atoms with Gasteiger partial charge in [0, 0.05) is 35.5 Å². The quantitative estimate of drug-likeness (QED) is 0.0382. The summed E-state index contributed by atoms with van der Waals surface area (Å²) in [5.74, 6) is 0.579. The van der Waals surface area contributed by atoms with Crippen molar-refractivity contribution in [2.24, 2.45) is 33.5 Å². The SMILES string of the molecule is CCCCCC(CCCCC)CC(=O)OCC12CC3(C)CC(COC(=O)CCCN(CC)CC)(C1)CC(COC(=O)CC(CCCCC)CCCCC)(C3)C2. The molecule has 7 nitrogen and oxygen atoms in total. The molecule has 0 spiro atoms. The first-order valence-electron chi connectivity index (χ1n) is 23.6. The highest BCUT2D eigenvalue weighted by molar-refractivity contribution is 5.70. The molecule has 7 heteroatoms. The van der Waals surface area contributed by atoms with Crippen molar-refractivity contribution in [1.29, 1.82) is 0 Å². The Balaban J connectivity index is 1.75. The molecule has 0 aliphatic heterocycles. The summed E-state index contributed by atoms with van der Waals surface area (Å²) in [7, 11) is 0. The number of nitrogens with zero attached hydrogens (tertiary/aromatic N) is 1. The molecule has 55 heavy (non-hydrogen) atoms. The maximum atomic E-state index is 13.6. The van der Waals surface area contributed by atoms with Crippen molar-refractivity contribution in [3.05, 3.63) is 0 Å². The van der Waals surface area contributed by atoms with E-state index in [1.807, 2.05) is 0 Å². The molecule has 0 aromatic rings. The molecular formula is C48H87NO6. The number of rotatable bonds is 32. The van der Waals surface area contributed by atoms with Gasteiger partial charge in [0.2, 0.25) is 0 Å². The number of ether oxygens (including phenoxy) is 3. The highest BCUT2D eigenvalue weighted by Crippen LogP contribution is 2.74. The van der Waals surface area contributed by atoms with Gasteiger partial charge in [-0.3, -0.25) is 14.4 Å². The number of hydrogen-bond acceptors (Lipinski definition) is 7. The van der Waals surface area contributed by atoms with Gasteiger partial charge in [-0.2, -0.15) is 0 Å². The van der Waals surface area contributed by atoms with Gasteiger partial charge in [0.15, 0.2) is 0 Å². The van der Waals surface area contributed by atoms with Crippen LogP contribution in [-0.4, -0.2) is 62.3 Å². The zero-order valence-electron chi connectivity index (χ0n) is 37.2. The second-order valence-corrected chi connectivity index (χ2v) is 19.6. The average Bonchev–Trinajstić information content (AvgIpc) is 3.13. The number of esters is 3. The molecule has 0 radical (unpaired) electrons. The Morgan fingerprint density at radius 3 is 1.16 bits per heavy atom. The molecule has 4 bridgehead atoms. The van der Waals surface area contributed by atoms with Crippen molar-refractivity contribution in [3.63, 3.8) is 0 Å². The minimum Gasteiger partial charge on any atom is -0.465 e. The van der Waals surface area contributed by atoms with E-state index >= 15 is 0 Å². The predicted octanol–water partition coefficient (Wildman–Crippen LogP) is 12.4. The maximum absolute atomic E-state index is 13.6. The zero-order valence-corrected chi connectivity index (χ0v) is 37.2. The number of carbonyl (C=O) groups excluding carboxylic acids is 3. The van der Waals surface area contributed by atoms with E-state index in [9.17, 15) is 14.4 Å². The lowest BCUT2D eigenvalue weighted by Crippen LogP contribution is -2.64. The first-order chi connectivity index (χ1) is 26.4. The molecule has 0 heterocycles. The molecule has 0 amide bonds. The third kappa shape index (κ3) is 16.3. The van der Waals surface area contributed by atoms with Gasteiger partial charge in [0.05, 0.1) is 19.8 Å². The number of unbranched alkanes of at least 4 members (excludes halogenated alkanes) is 8. The van der Waals surface area contributed by atoms with Crippen molar-refractivity contribution in [2.45, 2.75) is 215 Å². The summed E-state index contributed by atoms with van der Waals surface area (Å²) in [6, 6.07) is 0. The lowest BCUT2D eigenvalue weighted by Gasteiger charge is -2.69. The molecule has 0 aromatic carbocycles. The van der Waals surface area contributed by atoms with E-state index in [4.69, 9.17) is 14.2 Å². The molecule has 2 atom stereocenters. The fourth-order valence-electron chi connectivity index (χ4n) is 12.1. The van der Waals surface area contributed by atoms with E-state index in [2.05, 4.69) is 53.4 Å². The van der Waals surface area contributed by atoms with Crippen molar-refractivity contribution in [3.8, 4) is 0 Å². The molecule has 0 N–H and O–H groups in total. The van der Waals surface area contributed by atoms with Crippen molar-refractivity contribution < 1.29 is 28.6 Å². The predicted molar refractivity (Wildman–Crippen MR) is 226 cm³/mol. The van der Waals surface area contributed by atoms with Gasteiger partial charge in [-0.15, -0.1) is 0 Å². The lowest BCUT2D eigenvalue weighted by molar-refractivity contribution is -0.236. The van der Waals surface area contributed by atoms with Crippen molar-refractivity contribution in [2.75, 3.05) is 39.5 Å². The fraction of sp³-hybridized carbons (Fsp3) is 0.938. The van der Waals surface area contributed by atoms with E-state index in [0.717, 1.165) is 90.3 Å². The Kier molecular flexibility index (Phi) is 21.1. The Morgan fingerprint density at radius 2 is 0.836 bits per heavy atom. The fourth-order valence-corrected chi connectivity index (χ4v) is 12.1. The van der Waals surface area contributed by atoms with Gasteiger partial charge >= 0.3 is 17.9 Å². The minimum atomic E-state index is -0.192. The van der Waals surface area contributed by atoms with E-state index in [1.54, 1.807) is 0 Å². The summed E-state index contributed by atoms with van der Waals surface area (Å²) >= 11 is 0. The maximum Gasteiger partial charge on any atom is 0.306 e. The summed E-state index contributed by atoms with van der Waals surface area (Å²) in [5, 5.41) is 0. The molecule has 4 aliphatic rings. The van der Waals surface area contributed by atoms with Crippen LogP contribution in [0, 0.1) is 33.5 Å². The average molecular weight is 774 g/mol. The van der Waals surface area contributed by atoms with Crippen LogP contribution in [0.25, 0.3) is 0 Å². The second-order valence-electron chi connectivity index (χ2n) is 19.6. The molecule has 4 rings (SSSR count). The van der Waals surface area contributed by atoms with Crippen molar-refractivity contribution in [1.82, 2.24) is 4.90 Å². The monoisotopic (exact) mass is 774 g/mol. The molecule has 320 valence electrons. The second kappa shape index (κ2) is 24.3. The number of hydrogen-bond donors (Lipinski definition) is 0. The molecule has 4 aliphatic carbocycles. The largest absolute Gasteiger partial charge is 0.465 e. The molecule has 4 saturated carbocycles. The van der Waals surface area contributed by atoms with Crippen LogP contribution in [0.2, 0.25) is 0 Å². The highest BCUT2D eigenvalue weighted by Gasteiger charge is 2.67. The van der Waals surface area contributed by atoms with Gasteiger partial charge in [-0.1, -0.05) is 126 Å². The van der Waals surface area contributed by atoms with Gasteiger partial charge in [-0.25, -0.2) is 0 Å². The van der Waals surface area contributed by atoms with Crippen LogP contribution in [0.4, 0.5) is 0 Å². The minimum absolute atomic E-state index is 0.0222. The van der Waals surface area contributed by atoms with Crippen LogP contribution >= 0.6 is 0 Å². The first-order valence-corrected chi connectivity index (χ1v) is 23.6. The van der Waals surface area contributed by atoms with Gasteiger partial charge < -0.3 is 19.1 Å². The standard InChI is InChI=1S/C48H87NO6/c1-8-14-18-23-40(24-19-15-9-2)29-43(51)54-38-47-32-45(7)31-46(34-47,37-53-42(50)27-22-28-49(12-5)13-6)35-48(33-45,36-47)39-55-44(52)30-41(25-20-16-10-3)26-21-17-11-4/h40-41H,8-39H2,1-7H3. The summed E-state index contributed by atoms with van der Waals surface area (Å²) in [6.07, 6.45) is 26.8. The Bertz CT molecular complexity index is 1040. The Labute approximate surface area is 338 Å². The lowest BCUT2D eigenvalue weighted by atomic mass is 9.36. The van der Waals surface area contributed by atoms with Gasteiger partial charge in [0.1, 0.15) is 0 Å².